The van der Waals surface area contributed by atoms with Crippen LogP contribution in [0.2, 0.25) is 0 Å². The number of amides is 1. The minimum absolute atomic E-state index is 0.0585. The Morgan fingerprint density at radius 2 is 2.00 bits per heavy atom. The minimum Gasteiger partial charge on any atom is -0.481 e. The second-order valence-corrected chi connectivity index (χ2v) is 4.20. The third kappa shape index (κ3) is 4.16. The highest BCUT2D eigenvalue weighted by Gasteiger charge is 2.19. The molecule has 0 aliphatic rings. The van der Waals surface area contributed by atoms with Crippen LogP contribution in [0, 0.1) is 5.92 Å². The molecular formula is C13H18N2O3. The van der Waals surface area contributed by atoms with E-state index in [9.17, 15) is 9.59 Å². The summed E-state index contributed by atoms with van der Waals surface area (Å²) in [5.41, 5.74) is 0.886. The van der Waals surface area contributed by atoms with Crippen molar-refractivity contribution in [3.05, 3.63) is 30.1 Å². The molecule has 0 saturated heterocycles. The van der Waals surface area contributed by atoms with Crippen molar-refractivity contribution >= 4 is 11.9 Å². The number of carboxylic acid groups (broad SMARTS) is 1. The van der Waals surface area contributed by atoms with Gasteiger partial charge in [0.1, 0.15) is 0 Å². The fourth-order valence-electron chi connectivity index (χ4n) is 1.60. The van der Waals surface area contributed by atoms with Crippen molar-refractivity contribution in [1.29, 1.82) is 0 Å². The monoisotopic (exact) mass is 250 g/mol. The normalized spacial score (nSPS) is 11.9. The first-order valence-electron chi connectivity index (χ1n) is 5.94. The van der Waals surface area contributed by atoms with Crippen LogP contribution in [-0.2, 0) is 16.0 Å². The van der Waals surface area contributed by atoms with Crippen LogP contribution >= 0.6 is 0 Å². The third-order valence-electron chi connectivity index (χ3n) is 2.75. The maximum absolute atomic E-state index is 12.0. The molecule has 0 fully saturated rings. The van der Waals surface area contributed by atoms with Crippen molar-refractivity contribution in [1.82, 2.24) is 9.88 Å². The molecule has 0 saturated carbocycles. The molecule has 98 valence electrons. The Kier molecular flexibility index (Phi) is 5.30. The Morgan fingerprint density at radius 3 is 2.50 bits per heavy atom. The summed E-state index contributed by atoms with van der Waals surface area (Å²) in [6.07, 6.45) is 3.56. The zero-order chi connectivity index (χ0) is 13.5. The van der Waals surface area contributed by atoms with E-state index in [2.05, 4.69) is 4.98 Å². The number of rotatable bonds is 6. The summed E-state index contributed by atoms with van der Waals surface area (Å²) in [6.45, 7) is 4.21. The van der Waals surface area contributed by atoms with Gasteiger partial charge in [-0.2, -0.15) is 0 Å². The number of hydrogen-bond acceptors (Lipinski definition) is 3. The molecule has 5 heteroatoms. The van der Waals surface area contributed by atoms with Crippen molar-refractivity contribution in [2.24, 2.45) is 5.92 Å². The lowest BCUT2D eigenvalue weighted by molar-refractivity contribution is -0.142. The van der Waals surface area contributed by atoms with Gasteiger partial charge < -0.3 is 10.0 Å². The Balaban J connectivity index is 2.60. The van der Waals surface area contributed by atoms with Gasteiger partial charge in [0.05, 0.1) is 12.3 Å². The minimum atomic E-state index is -0.884. The zero-order valence-corrected chi connectivity index (χ0v) is 10.7. The van der Waals surface area contributed by atoms with Gasteiger partial charge >= 0.3 is 5.97 Å². The van der Waals surface area contributed by atoms with Crippen molar-refractivity contribution in [3.8, 4) is 0 Å². The number of aliphatic carboxylic acids is 1. The van der Waals surface area contributed by atoms with Crippen molar-refractivity contribution < 1.29 is 14.7 Å². The van der Waals surface area contributed by atoms with Gasteiger partial charge in [0.15, 0.2) is 0 Å². The lowest BCUT2D eigenvalue weighted by atomic mass is 10.1. The van der Waals surface area contributed by atoms with E-state index < -0.39 is 11.9 Å². The maximum atomic E-state index is 12.0. The van der Waals surface area contributed by atoms with Crippen LogP contribution < -0.4 is 0 Å². The molecule has 0 aliphatic carbocycles. The Morgan fingerprint density at radius 1 is 1.39 bits per heavy atom. The van der Waals surface area contributed by atoms with Gasteiger partial charge in [-0.15, -0.1) is 0 Å². The SMILES string of the molecule is CCN(CC(C)C(=O)O)C(=O)Cc1ccncc1. The van der Waals surface area contributed by atoms with Crippen molar-refractivity contribution in [2.75, 3.05) is 13.1 Å². The van der Waals surface area contributed by atoms with E-state index in [0.29, 0.717) is 6.54 Å². The second kappa shape index (κ2) is 6.74. The standard InChI is InChI=1S/C13H18N2O3/c1-3-15(9-10(2)13(17)18)12(16)8-11-4-6-14-7-5-11/h4-7,10H,3,8-9H2,1-2H3,(H,17,18). The number of carbonyl (C=O) groups is 2. The van der Waals surface area contributed by atoms with Crippen LogP contribution in [0.4, 0.5) is 0 Å². The third-order valence-corrected chi connectivity index (χ3v) is 2.75. The summed E-state index contributed by atoms with van der Waals surface area (Å²) in [6, 6.07) is 3.57. The maximum Gasteiger partial charge on any atom is 0.308 e. The van der Waals surface area contributed by atoms with Gasteiger partial charge in [0.2, 0.25) is 5.91 Å². The van der Waals surface area contributed by atoms with Crippen molar-refractivity contribution in [3.63, 3.8) is 0 Å². The second-order valence-electron chi connectivity index (χ2n) is 4.20. The Hall–Kier alpha value is -1.91. The number of nitrogens with zero attached hydrogens (tertiary/aromatic N) is 2. The summed E-state index contributed by atoms with van der Waals surface area (Å²) >= 11 is 0. The lowest BCUT2D eigenvalue weighted by Gasteiger charge is -2.22. The molecule has 0 radical (unpaired) electrons. The summed E-state index contributed by atoms with van der Waals surface area (Å²) in [4.78, 5) is 28.3. The molecule has 0 bridgehead atoms. The predicted octanol–water partition coefficient (Wildman–Crippen LogP) is 1.19. The zero-order valence-electron chi connectivity index (χ0n) is 10.7. The molecule has 1 unspecified atom stereocenters. The smallest absolute Gasteiger partial charge is 0.308 e. The van der Waals surface area contributed by atoms with E-state index >= 15 is 0 Å². The molecule has 18 heavy (non-hydrogen) atoms. The predicted molar refractivity (Wildman–Crippen MR) is 67.0 cm³/mol. The van der Waals surface area contributed by atoms with Crippen molar-refractivity contribution in [2.45, 2.75) is 20.3 Å². The number of carbonyl (C=O) groups excluding carboxylic acids is 1. The van der Waals surface area contributed by atoms with Crippen LogP contribution in [0.3, 0.4) is 0 Å². The summed E-state index contributed by atoms with van der Waals surface area (Å²) in [5, 5.41) is 8.85. The molecule has 1 amide bonds. The molecule has 1 atom stereocenters. The Labute approximate surface area is 106 Å². The number of aromatic nitrogens is 1. The molecule has 1 N–H and O–H groups in total. The van der Waals surface area contributed by atoms with E-state index in [1.807, 2.05) is 6.92 Å². The fraction of sp³-hybridized carbons (Fsp3) is 0.462. The molecule has 5 nitrogen and oxygen atoms in total. The van der Waals surface area contributed by atoms with Gasteiger partial charge in [0, 0.05) is 25.5 Å². The molecule has 1 rings (SSSR count). The molecule has 0 aromatic carbocycles. The first-order chi connectivity index (χ1) is 8.54. The largest absolute Gasteiger partial charge is 0.481 e. The van der Waals surface area contributed by atoms with Crippen LogP contribution in [0.5, 0.6) is 0 Å². The van der Waals surface area contributed by atoms with Gasteiger partial charge in [-0.3, -0.25) is 14.6 Å². The van der Waals surface area contributed by atoms with E-state index in [4.69, 9.17) is 5.11 Å². The highest BCUT2D eigenvalue weighted by atomic mass is 16.4. The average Bonchev–Trinajstić information content (AvgIpc) is 2.36. The van der Waals surface area contributed by atoms with Gasteiger partial charge in [-0.05, 0) is 24.6 Å². The van der Waals surface area contributed by atoms with Crippen LogP contribution in [0.25, 0.3) is 0 Å². The quantitative estimate of drug-likeness (QED) is 0.823. The first kappa shape index (κ1) is 14.2. The highest BCUT2D eigenvalue weighted by Crippen LogP contribution is 2.05. The molecule has 1 aromatic heterocycles. The molecule has 1 heterocycles. The number of carboxylic acids is 1. The summed E-state index contributed by atoms with van der Waals surface area (Å²) in [5.74, 6) is -1.49. The number of likely N-dealkylation sites (N-methyl/N-ethyl adjacent to an activating group) is 1. The topological polar surface area (TPSA) is 70.5 Å². The van der Waals surface area contributed by atoms with Crippen LogP contribution in [0.15, 0.2) is 24.5 Å². The summed E-state index contributed by atoms with van der Waals surface area (Å²) < 4.78 is 0. The van der Waals surface area contributed by atoms with Gasteiger partial charge in [0.25, 0.3) is 0 Å². The van der Waals surface area contributed by atoms with Gasteiger partial charge in [-0.1, -0.05) is 6.92 Å². The summed E-state index contributed by atoms with van der Waals surface area (Å²) in [7, 11) is 0. The van der Waals surface area contributed by atoms with E-state index in [1.165, 1.54) is 0 Å². The molecule has 0 aliphatic heterocycles. The average molecular weight is 250 g/mol. The molecule has 0 spiro atoms. The highest BCUT2D eigenvalue weighted by molar-refractivity contribution is 5.79. The first-order valence-corrected chi connectivity index (χ1v) is 5.94. The molecular weight excluding hydrogens is 232 g/mol. The van der Waals surface area contributed by atoms with Crippen LogP contribution in [-0.4, -0.2) is 40.0 Å². The van der Waals surface area contributed by atoms with Crippen LogP contribution in [0.1, 0.15) is 19.4 Å². The van der Waals surface area contributed by atoms with Gasteiger partial charge in [-0.25, -0.2) is 0 Å². The number of hydrogen-bond donors (Lipinski definition) is 1. The van der Waals surface area contributed by atoms with E-state index in [1.54, 1.807) is 36.4 Å². The van der Waals surface area contributed by atoms with E-state index in [-0.39, 0.29) is 18.9 Å². The Bertz CT molecular complexity index is 406. The number of pyridine rings is 1. The molecule has 1 aromatic rings. The fourth-order valence-corrected chi connectivity index (χ4v) is 1.60. The van der Waals surface area contributed by atoms with E-state index in [0.717, 1.165) is 5.56 Å². The lowest BCUT2D eigenvalue weighted by Crippen LogP contribution is -2.37.